The van der Waals surface area contributed by atoms with E-state index in [0.717, 1.165) is 80.1 Å². The van der Waals surface area contributed by atoms with Crippen LogP contribution in [0.2, 0.25) is 5.02 Å². The fraction of sp³-hybridized carbons (Fsp3) is 0.478. The molecule has 306 valence electrons. The fourth-order valence-corrected chi connectivity index (χ4v) is 11.6. The Balaban J connectivity index is 0.738. The molecule has 0 radical (unpaired) electrons. The van der Waals surface area contributed by atoms with Gasteiger partial charge >= 0.3 is 0 Å². The minimum Gasteiger partial charge on any atom is -0.489 e. The van der Waals surface area contributed by atoms with Gasteiger partial charge < -0.3 is 19.9 Å². The van der Waals surface area contributed by atoms with Crippen molar-refractivity contribution in [3.8, 4) is 11.8 Å². The van der Waals surface area contributed by atoms with E-state index in [0.29, 0.717) is 38.9 Å². The van der Waals surface area contributed by atoms with Gasteiger partial charge in [-0.1, -0.05) is 39.3 Å². The van der Waals surface area contributed by atoms with Gasteiger partial charge in [-0.3, -0.25) is 34.2 Å². The van der Waals surface area contributed by atoms with E-state index in [4.69, 9.17) is 16.3 Å². The molecule has 4 fully saturated rings. The predicted molar refractivity (Wildman–Crippen MR) is 220 cm³/mol. The number of rotatable bonds is 8. The monoisotopic (exact) mass is 816 g/mol. The summed E-state index contributed by atoms with van der Waals surface area (Å²) < 4.78 is 6.39. The lowest BCUT2D eigenvalue weighted by molar-refractivity contribution is -0.164. The Morgan fingerprint density at radius 3 is 2.10 bits per heavy atom. The third-order valence-electron chi connectivity index (χ3n) is 14.1. The molecule has 12 nitrogen and oxygen atoms in total. The third kappa shape index (κ3) is 6.67. The zero-order valence-electron chi connectivity index (χ0n) is 33.9. The Kier molecular flexibility index (Phi) is 9.44. The van der Waals surface area contributed by atoms with E-state index in [1.165, 1.54) is 0 Å². The number of halogens is 1. The van der Waals surface area contributed by atoms with E-state index in [9.17, 15) is 29.2 Å². The maximum atomic E-state index is 13.5. The van der Waals surface area contributed by atoms with Crippen molar-refractivity contribution in [2.45, 2.75) is 84.4 Å². The highest BCUT2D eigenvalue weighted by Crippen LogP contribution is 2.56. The van der Waals surface area contributed by atoms with Crippen LogP contribution in [0.3, 0.4) is 0 Å². The minimum absolute atomic E-state index is 0.104. The predicted octanol–water partition coefficient (Wildman–Crippen LogP) is 5.54. The lowest BCUT2D eigenvalue weighted by Gasteiger charge is -2.63. The molecule has 3 aromatic rings. The lowest BCUT2D eigenvalue weighted by atomic mass is 9.49. The second kappa shape index (κ2) is 14.2. The first-order chi connectivity index (χ1) is 28.1. The van der Waals surface area contributed by atoms with Crippen LogP contribution in [0.1, 0.15) is 101 Å². The molecule has 4 heterocycles. The number of fused-ring (bicyclic) bond motifs is 2. The zero-order valence-corrected chi connectivity index (χ0v) is 34.7. The van der Waals surface area contributed by atoms with Gasteiger partial charge in [0.15, 0.2) is 0 Å². The number of imide groups is 2. The Morgan fingerprint density at radius 2 is 1.53 bits per heavy atom. The summed E-state index contributed by atoms with van der Waals surface area (Å²) in [5.74, 6) is -0.772. The van der Waals surface area contributed by atoms with Crippen LogP contribution in [-0.4, -0.2) is 90.2 Å². The van der Waals surface area contributed by atoms with Gasteiger partial charge in [-0.25, -0.2) is 0 Å². The van der Waals surface area contributed by atoms with Gasteiger partial charge in [0.25, 0.3) is 17.7 Å². The molecule has 0 bridgehead atoms. The highest BCUT2D eigenvalue weighted by atomic mass is 35.5. The molecule has 3 saturated heterocycles. The first-order valence-corrected chi connectivity index (χ1v) is 21.1. The molecule has 1 spiro atoms. The van der Waals surface area contributed by atoms with Crippen LogP contribution in [0.15, 0.2) is 54.6 Å². The standard InChI is InChI=1S/C46H49ClN6O6/c1-44(2)42(45(3,4)43(44)59-32-10-7-28(22-48)35(47)19-32)50-38(55)27-5-8-31(9-6-27)52-15-13-26(14-16-52)23-51-24-46(25-51)20-29-17-33-34(18-30(29)21-46)41(58)53(40(33)57)36-11-12-37(54)49-39(36)56/h5-10,17-19,26,36,42-43H,11-16,20-21,23-25H2,1-4H3,(H,50,55)(H,49,54,56). The summed E-state index contributed by atoms with van der Waals surface area (Å²) in [5.41, 5.74) is 4.54. The SMILES string of the molecule is CC1(C)C(NC(=O)c2ccc(N3CCC(CN4CC5(Cc6cc7c(cc6C5)C(=O)N(C5CCC(=O)NC5=O)C7=O)C4)CC3)cc2)C(C)(C)C1Oc1ccc(C#N)c(Cl)c1. The fourth-order valence-electron chi connectivity index (χ4n) is 11.4. The molecule has 2 N–H and O–H groups in total. The summed E-state index contributed by atoms with van der Waals surface area (Å²) in [6.07, 6.45) is 4.01. The maximum absolute atomic E-state index is 13.5. The third-order valence-corrected chi connectivity index (χ3v) is 14.4. The average molecular weight is 817 g/mol. The molecular formula is C46H49ClN6O6. The first kappa shape index (κ1) is 39.2. The number of anilines is 1. The highest BCUT2D eigenvalue weighted by Gasteiger charge is 2.64. The van der Waals surface area contributed by atoms with Gasteiger partial charge in [0.1, 0.15) is 24.0 Å². The van der Waals surface area contributed by atoms with Crippen molar-refractivity contribution in [2.75, 3.05) is 37.6 Å². The summed E-state index contributed by atoms with van der Waals surface area (Å²) in [4.78, 5) is 70.4. The van der Waals surface area contributed by atoms with Gasteiger partial charge in [-0.2, -0.15) is 5.26 Å². The van der Waals surface area contributed by atoms with Crippen LogP contribution < -0.4 is 20.3 Å². The lowest BCUT2D eigenvalue weighted by Crippen LogP contribution is -2.74. The summed E-state index contributed by atoms with van der Waals surface area (Å²) in [6, 6.07) is 17.8. The quantitative estimate of drug-likeness (QED) is 0.279. The molecule has 9 rings (SSSR count). The molecule has 1 saturated carbocycles. The van der Waals surface area contributed by atoms with E-state index in [-0.39, 0.29) is 53.0 Å². The second-order valence-electron chi connectivity index (χ2n) is 18.9. The highest BCUT2D eigenvalue weighted by molar-refractivity contribution is 6.31. The van der Waals surface area contributed by atoms with Crippen molar-refractivity contribution in [3.63, 3.8) is 0 Å². The number of nitrogens with one attached hydrogen (secondary N) is 2. The van der Waals surface area contributed by atoms with E-state index >= 15 is 0 Å². The van der Waals surface area contributed by atoms with Crippen molar-refractivity contribution >= 4 is 46.8 Å². The number of hydrogen-bond acceptors (Lipinski definition) is 9. The van der Waals surface area contributed by atoms with Crippen LogP contribution in [0.25, 0.3) is 0 Å². The van der Waals surface area contributed by atoms with Gasteiger partial charge in [-0.05, 0) is 97.7 Å². The number of hydrogen-bond donors (Lipinski definition) is 2. The number of carbonyl (C=O) groups is 5. The van der Waals surface area contributed by atoms with Crippen molar-refractivity contribution in [2.24, 2.45) is 22.2 Å². The Bertz CT molecular complexity index is 2270. The van der Waals surface area contributed by atoms with Gasteiger partial charge in [0.05, 0.1) is 21.7 Å². The van der Waals surface area contributed by atoms with Crippen LogP contribution in [0, 0.1) is 33.5 Å². The van der Waals surface area contributed by atoms with Crippen LogP contribution >= 0.6 is 11.6 Å². The Labute approximate surface area is 349 Å². The van der Waals surface area contributed by atoms with Crippen LogP contribution in [0.5, 0.6) is 5.75 Å². The molecule has 1 atom stereocenters. The number of ether oxygens (including phenoxy) is 1. The Morgan fingerprint density at radius 1 is 0.898 bits per heavy atom. The van der Waals surface area contributed by atoms with E-state index in [1.807, 2.05) is 36.4 Å². The molecule has 0 aromatic heterocycles. The number of piperidine rings is 2. The number of nitrogens with zero attached hydrogens (tertiary/aromatic N) is 4. The molecule has 4 aliphatic heterocycles. The number of carbonyl (C=O) groups excluding carboxylic acids is 5. The van der Waals surface area contributed by atoms with Gasteiger partial charge in [0.2, 0.25) is 11.8 Å². The van der Waals surface area contributed by atoms with Crippen LogP contribution in [-0.2, 0) is 22.4 Å². The number of nitriles is 1. The summed E-state index contributed by atoms with van der Waals surface area (Å²) in [7, 11) is 0. The van der Waals surface area contributed by atoms with Crippen molar-refractivity contribution in [3.05, 3.63) is 93.0 Å². The summed E-state index contributed by atoms with van der Waals surface area (Å²) in [6.45, 7) is 13.4. The smallest absolute Gasteiger partial charge is 0.262 e. The number of likely N-dealkylation sites (tertiary alicyclic amines) is 1. The minimum atomic E-state index is -0.952. The van der Waals surface area contributed by atoms with E-state index in [2.05, 4.69) is 54.2 Å². The maximum Gasteiger partial charge on any atom is 0.262 e. The molecule has 3 aromatic carbocycles. The zero-order chi connectivity index (χ0) is 41.6. The molecule has 5 amide bonds. The second-order valence-corrected chi connectivity index (χ2v) is 19.3. The summed E-state index contributed by atoms with van der Waals surface area (Å²) >= 11 is 6.25. The van der Waals surface area contributed by atoms with Crippen molar-refractivity contribution in [1.29, 1.82) is 5.26 Å². The van der Waals surface area contributed by atoms with Crippen LogP contribution in [0.4, 0.5) is 5.69 Å². The van der Waals surface area contributed by atoms with Gasteiger partial charge in [0, 0.05) is 78.7 Å². The molecule has 6 aliphatic rings. The normalized spacial score (nSPS) is 25.5. The molecule has 2 aliphatic carbocycles. The molecule has 1 unspecified atom stereocenters. The largest absolute Gasteiger partial charge is 0.489 e. The number of amides is 5. The van der Waals surface area contributed by atoms with Crippen molar-refractivity contribution < 1.29 is 28.7 Å². The average Bonchev–Trinajstić information content (AvgIpc) is 3.68. The Hall–Kier alpha value is -5.25. The topological polar surface area (TPSA) is 152 Å². The van der Waals surface area contributed by atoms with E-state index < -0.39 is 23.8 Å². The van der Waals surface area contributed by atoms with Gasteiger partial charge in [-0.15, -0.1) is 0 Å². The number of benzene rings is 3. The van der Waals surface area contributed by atoms with Crippen molar-refractivity contribution in [1.82, 2.24) is 20.4 Å². The molecule has 59 heavy (non-hydrogen) atoms. The molecular weight excluding hydrogens is 768 g/mol. The first-order valence-electron chi connectivity index (χ1n) is 20.7. The molecule has 13 heteroatoms. The summed E-state index contributed by atoms with van der Waals surface area (Å²) in [5, 5.41) is 15.1. The van der Waals surface area contributed by atoms with E-state index in [1.54, 1.807) is 18.2 Å².